The van der Waals surface area contributed by atoms with E-state index in [1.165, 1.54) is 32.1 Å². The highest BCUT2D eigenvalue weighted by Gasteiger charge is 2.12. The molecule has 0 saturated heterocycles. The number of hydrogen-bond donors (Lipinski definition) is 1. The SMILES string of the molecule is O=C(CCCl)NCCC1CCCCC1. The van der Waals surface area contributed by atoms with Gasteiger partial charge in [-0.3, -0.25) is 4.79 Å². The summed E-state index contributed by atoms with van der Waals surface area (Å²) in [6, 6.07) is 0. The van der Waals surface area contributed by atoms with Crippen molar-refractivity contribution in [3.8, 4) is 0 Å². The van der Waals surface area contributed by atoms with Crippen LogP contribution in [0.25, 0.3) is 0 Å². The molecule has 1 amide bonds. The van der Waals surface area contributed by atoms with Gasteiger partial charge < -0.3 is 5.32 Å². The summed E-state index contributed by atoms with van der Waals surface area (Å²) in [4.78, 5) is 11.1. The fourth-order valence-electron chi connectivity index (χ4n) is 2.07. The van der Waals surface area contributed by atoms with Crippen LogP contribution in [-0.2, 0) is 4.79 Å². The molecule has 1 aliphatic carbocycles. The summed E-state index contributed by atoms with van der Waals surface area (Å²) in [5.41, 5.74) is 0. The van der Waals surface area contributed by atoms with Gasteiger partial charge in [-0.25, -0.2) is 0 Å². The fraction of sp³-hybridized carbons (Fsp3) is 0.909. The van der Waals surface area contributed by atoms with Crippen LogP contribution in [-0.4, -0.2) is 18.3 Å². The smallest absolute Gasteiger partial charge is 0.221 e. The molecule has 1 saturated carbocycles. The molecular weight excluding hydrogens is 198 g/mol. The quantitative estimate of drug-likeness (QED) is 0.705. The maximum Gasteiger partial charge on any atom is 0.221 e. The average molecular weight is 218 g/mol. The molecule has 1 aliphatic rings. The number of hydrogen-bond acceptors (Lipinski definition) is 1. The maximum absolute atomic E-state index is 11.1. The summed E-state index contributed by atoms with van der Waals surface area (Å²) in [6.45, 7) is 0.834. The van der Waals surface area contributed by atoms with Crippen molar-refractivity contribution in [3.63, 3.8) is 0 Å². The molecule has 0 bridgehead atoms. The predicted octanol–water partition coefficient (Wildman–Crippen LogP) is 2.70. The molecule has 2 nitrogen and oxygen atoms in total. The summed E-state index contributed by atoms with van der Waals surface area (Å²) in [6.07, 6.45) is 8.45. The van der Waals surface area contributed by atoms with E-state index in [0.717, 1.165) is 18.9 Å². The van der Waals surface area contributed by atoms with Crippen LogP contribution in [0.2, 0.25) is 0 Å². The Bertz CT molecular complexity index is 167. The Morgan fingerprint density at radius 3 is 2.64 bits per heavy atom. The van der Waals surface area contributed by atoms with Crippen molar-refractivity contribution in [2.75, 3.05) is 12.4 Å². The van der Waals surface area contributed by atoms with Crippen LogP contribution in [0.3, 0.4) is 0 Å². The molecule has 0 aromatic rings. The standard InChI is InChI=1S/C11H20ClNO/c12-8-6-11(14)13-9-7-10-4-2-1-3-5-10/h10H,1-9H2,(H,13,14). The normalized spacial score (nSPS) is 18.1. The highest BCUT2D eigenvalue weighted by atomic mass is 35.5. The molecule has 0 aromatic carbocycles. The van der Waals surface area contributed by atoms with Gasteiger partial charge in [0.15, 0.2) is 0 Å². The largest absolute Gasteiger partial charge is 0.356 e. The predicted molar refractivity (Wildman–Crippen MR) is 59.5 cm³/mol. The molecule has 0 aliphatic heterocycles. The van der Waals surface area contributed by atoms with E-state index in [4.69, 9.17) is 11.6 Å². The second-order valence-corrected chi connectivity index (χ2v) is 4.46. The van der Waals surface area contributed by atoms with Crippen molar-refractivity contribution in [3.05, 3.63) is 0 Å². The van der Waals surface area contributed by atoms with E-state index in [1.807, 2.05) is 0 Å². The van der Waals surface area contributed by atoms with E-state index >= 15 is 0 Å². The topological polar surface area (TPSA) is 29.1 Å². The number of halogens is 1. The van der Waals surface area contributed by atoms with Crippen molar-refractivity contribution < 1.29 is 4.79 Å². The Kier molecular flexibility index (Phi) is 6.00. The van der Waals surface area contributed by atoms with Crippen molar-refractivity contribution in [1.82, 2.24) is 5.32 Å². The van der Waals surface area contributed by atoms with Crippen molar-refractivity contribution in [2.24, 2.45) is 5.92 Å². The second kappa shape index (κ2) is 7.10. The summed E-state index contributed by atoms with van der Waals surface area (Å²) >= 11 is 5.46. The van der Waals surface area contributed by atoms with Crippen LogP contribution >= 0.6 is 11.6 Å². The van der Waals surface area contributed by atoms with Crippen molar-refractivity contribution in [2.45, 2.75) is 44.9 Å². The van der Waals surface area contributed by atoms with Gasteiger partial charge in [-0.05, 0) is 12.3 Å². The van der Waals surface area contributed by atoms with E-state index in [2.05, 4.69) is 5.32 Å². The molecule has 0 spiro atoms. The van der Waals surface area contributed by atoms with Gasteiger partial charge >= 0.3 is 0 Å². The second-order valence-electron chi connectivity index (χ2n) is 4.08. The van der Waals surface area contributed by atoms with Gasteiger partial charge in [0.25, 0.3) is 0 Å². The monoisotopic (exact) mass is 217 g/mol. The maximum atomic E-state index is 11.1. The molecule has 1 rings (SSSR count). The zero-order valence-electron chi connectivity index (χ0n) is 8.73. The number of amides is 1. The molecule has 0 unspecified atom stereocenters. The Balaban J connectivity index is 1.99. The third-order valence-electron chi connectivity index (χ3n) is 2.92. The molecule has 82 valence electrons. The third kappa shape index (κ3) is 4.85. The van der Waals surface area contributed by atoms with E-state index in [0.29, 0.717) is 12.3 Å². The number of carbonyl (C=O) groups is 1. The lowest BCUT2D eigenvalue weighted by Gasteiger charge is -2.21. The van der Waals surface area contributed by atoms with Crippen LogP contribution in [0.4, 0.5) is 0 Å². The lowest BCUT2D eigenvalue weighted by Crippen LogP contribution is -2.26. The van der Waals surface area contributed by atoms with E-state index in [-0.39, 0.29) is 5.91 Å². The highest BCUT2D eigenvalue weighted by Crippen LogP contribution is 2.25. The number of nitrogens with one attached hydrogen (secondary N) is 1. The van der Waals surface area contributed by atoms with Gasteiger partial charge in [0.1, 0.15) is 0 Å². The first-order valence-corrected chi connectivity index (χ1v) is 6.19. The minimum Gasteiger partial charge on any atom is -0.356 e. The molecule has 1 N–H and O–H groups in total. The Morgan fingerprint density at radius 1 is 1.29 bits per heavy atom. The molecule has 0 heterocycles. The Labute approximate surface area is 91.4 Å². The van der Waals surface area contributed by atoms with E-state index in [9.17, 15) is 4.79 Å². The molecule has 0 radical (unpaired) electrons. The van der Waals surface area contributed by atoms with Crippen molar-refractivity contribution in [1.29, 1.82) is 0 Å². The first kappa shape index (κ1) is 11.8. The average Bonchev–Trinajstić information content (AvgIpc) is 2.20. The zero-order valence-corrected chi connectivity index (χ0v) is 9.48. The molecule has 0 aromatic heterocycles. The number of rotatable bonds is 5. The van der Waals surface area contributed by atoms with Crippen LogP contribution in [0.15, 0.2) is 0 Å². The summed E-state index contributed by atoms with van der Waals surface area (Å²) in [5, 5.41) is 2.91. The lowest BCUT2D eigenvalue weighted by atomic mass is 9.87. The summed E-state index contributed by atoms with van der Waals surface area (Å²) < 4.78 is 0. The van der Waals surface area contributed by atoms with Gasteiger partial charge in [-0.2, -0.15) is 0 Å². The minimum absolute atomic E-state index is 0.0933. The van der Waals surface area contributed by atoms with Gasteiger partial charge in [-0.15, -0.1) is 11.6 Å². The number of alkyl halides is 1. The fourth-order valence-corrected chi connectivity index (χ4v) is 2.24. The van der Waals surface area contributed by atoms with Gasteiger partial charge in [-0.1, -0.05) is 32.1 Å². The minimum atomic E-state index is 0.0933. The Hall–Kier alpha value is -0.240. The lowest BCUT2D eigenvalue weighted by molar-refractivity contribution is -0.120. The van der Waals surface area contributed by atoms with E-state index in [1.54, 1.807) is 0 Å². The van der Waals surface area contributed by atoms with Crippen molar-refractivity contribution >= 4 is 17.5 Å². The highest BCUT2D eigenvalue weighted by molar-refractivity contribution is 6.18. The van der Waals surface area contributed by atoms with E-state index < -0.39 is 0 Å². The molecule has 3 heteroatoms. The molecular formula is C11H20ClNO. The van der Waals surface area contributed by atoms with Gasteiger partial charge in [0, 0.05) is 18.8 Å². The summed E-state index contributed by atoms with van der Waals surface area (Å²) in [7, 11) is 0. The van der Waals surface area contributed by atoms with Crippen LogP contribution < -0.4 is 5.32 Å². The van der Waals surface area contributed by atoms with Gasteiger partial charge in [0.05, 0.1) is 0 Å². The zero-order chi connectivity index (χ0) is 10.2. The first-order valence-electron chi connectivity index (χ1n) is 5.65. The van der Waals surface area contributed by atoms with Crippen LogP contribution in [0, 0.1) is 5.92 Å². The van der Waals surface area contributed by atoms with Gasteiger partial charge in [0.2, 0.25) is 5.91 Å². The third-order valence-corrected chi connectivity index (χ3v) is 3.11. The Morgan fingerprint density at radius 2 is 2.00 bits per heavy atom. The van der Waals surface area contributed by atoms with Crippen LogP contribution in [0.1, 0.15) is 44.9 Å². The first-order chi connectivity index (χ1) is 6.83. The molecule has 1 fully saturated rings. The van der Waals surface area contributed by atoms with Crippen LogP contribution in [0.5, 0.6) is 0 Å². The number of carbonyl (C=O) groups excluding carboxylic acids is 1. The molecule has 0 atom stereocenters. The summed E-state index contributed by atoms with van der Waals surface area (Å²) in [5.74, 6) is 1.37. The molecule has 14 heavy (non-hydrogen) atoms.